The fourth-order valence-electron chi connectivity index (χ4n) is 4.12. The van der Waals surface area contributed by atoms with Crippen LogP contribution in [0.5, 0.6) is 0 Å². The van der Waals surface area contributed by atoms with Gasteiger partial charge in [0.05, 0.1) is 16.8 Å². The molecule has 0 atom stereocenters. The number of ketones is 1. The summed E-state index contributed by atoms with van der Waals surface area (Å²) >= 11 is 0. The molecule has 0 spiro atoms. The Hall–Kier alpha value is -4.04. The van der Waals surface area contributed by atoms with Crippen molar-refractivity contribution in [3.63, 3.8) is 0 Å². The number of rotatable bonds is 7. The highest BCUT2D eigenvalue weighted by Crippen LogP contribution is 2.31. The van der Waals surface area contributed by atoms with E-state index in [0.29, 0.717) is 12.0 Å². The lowest BCUT2D eigenvalue weighted by Crippen LogP contribution is -2.23. The molecule has 0 N–H and O–H groups in total. The molecule has 0 aromatic heterocycles. The number of hydrogen-bond donors (Lipinski definition) is 0. The molecule has 2 nitrogen and oxygen atoms in total. The molecule has 2 heteroatoms. The summed E-state index contributed by atoms with van der Waals surface area (Å²) in [6, 6.07) is 40.3. The Morgan fingerprint density at radius 3 is 1.43 bits per heavy atom. The van der Waals surface area contributed by atoms with Gasteiger partial charge in [-0.05, 0) is 37.5 Å². The van der Waals surface area contributed by atoms with Gasteiger partial charge in [0.1, 0.15) is 0 Å². The average Bonchev–Trinajstić information content (AvgIpc) is 2.87. The molecule has 0 amide bonds. The van der Waals surface area contributed by atoms with Crippen LogP contribution in [0.2, 0.25) is 0 Å². The standard InChI is InChI=1S/C33H31NO/c1-33(2,3)34-32(28-22-14-7-15-23-28)31(29(35)24-25-16-8-4-9-17-25)30(26-18-10-5-11-19-26)27-20-12-6-13-21-27/h4-23H,24H2,1-3H3. The summed E-state index contributed by atoms with van der Waals surface area (Å²) in [5.74, 6) is 0.0470. The van der Waals surface area contributed by atoms with Gasteiger partial charge in [-0.1, -0.05) is 121 Å². The Balaban J connectivity index is 2.06. The fourth-order valence-corrected chi connectivity index (χ4v) is 4.12. The minimum atomic E-state index is -0.373. The average molecular weight is 458 g/mol. The molecule has 0 saturated carbocycles. The van der Waals surface area contributed by atoms with Gasteiger partial charge in [-0.15, -0.1) is 0 Å². The van der Waals surface area contributed by atoms with Crippen molar-refractivity contribution in [3.8, 4) is 0 Å². The van der Waals surface area contributed by atoms with Crippen molar-refractivity contribution in [3.05, 3.63) is 149 Å². The van der Waals surface area contributed by atoms with Crippen molar-refractivity contribution >= 4 is 17.1 Å². The topological polar surface area (TPSA) is 29.4 Å². The third-order valence-corrected chi connectivity index (χ3v) is 5.59. The summed E-state index contributed by atoms with van der Waals surface area (Å²) in [7, 11) is 0. The lowest BCUT2D eigenvalue weighted by molar-refractivity contribution is -0.114. The molecule has 0 unspecified atom stereocenters. The molecule has 4 rings (SSSR count). The molecule has 0 saturated heterocycles. The lowest BCUT2D eigenvalue weighted by atomic mass is 9.84. The normalized spacial score (nSPS) is 11.7. The van der Waals surface area contributed by atoms with E-state index in [2.05, 4.69) is 45.0 Å². The number of nitrogens with zero attached hydrogens (tertiary/aromatic N) is 1. The van der Waals surface area contributed by atoms with Crippen molar-refractivity contribution in [2.24, 2.45) is 4.99 Å². The predicted molar refractivity (Wildman–Crippen MR) is 147 cm³/mol. The zero-order chi connectivity index (χ0) is 24.7. The smallest absolute Gasteiger partial charge is 0.170 e. The number of carbonyl (C=O) groups is 1. The van der Waals surface area contributed by atoms with Gasteiger partial charge in [-0.3, -0.25) is 9.79 Å². The maximum atomic E-state index is 14.3. The Labute approximate surface area is 208 Å². The van der Waals surface area contributed by atoms with Crippen molar-refractivity contribution in [1.82, 2.24) is 0 Å². The van der Waals surface area contributed by atoms with E-state index in [9.17, 15) is 4.79 Å². The minimum Gasteiger partial charge on any atom is -0.294 e. The van der Waals surface area contributed by atoms with Gasteiger partial charge in [0.2, 0.25) is 0 Å². The third kappa shape index (κ3) is 6.30. The SMILES string of the molecule is CC(C)(C)N=C(C(C(=O)Cc1ccccc1)=C(c1ccccc1)c1ccccc1)c1ccccc1. The van der Waals surface area contributed by atoms with Gasteiger partial charge in [-0.25, -0.2) is 0 Å². The highest BCUT2D eigenvalue weighted by atomic mass is 16.1. The van der Waals surface area contributed by atoms with E-state index in [0.717, 1.165) is 33.5 Å². The molecule has 35 heavy (non-hydrogen) atoms. The Morgan fingerprint density at radius 2 is 1.00 bits per heavy atom. The first kappa shape index (κ1) is 24.1. The summed E-state index contributed by atoms with van der Waals surface area (Å²) in [5.41, 5.74) is 5.80. The molecule has 174 valence electrons. The van der Waals surface area contributed by atoms with Gasteiger partial charge in [-0.2, -0.15) is 0 Å². The lowest BCUT2D eigenvalue weighted by Gasteiger charge is -2.22. The van der Waals surface area contributed by atoms with Crippen LogP contribution in [0.1, 0.15) is 43.0 Å². The van der Waals surface area contributed by atoms with Gasteiger partial charge in [0.25, 0.3) is 0 Å². The highest BCUT2D eigenvalue weighted by molar-refractivity contribution is 6.34. The Bertz CT molecular complexity index is 1270. The first-order valence-corrected chi connectivity index (χ1v) is 12.0. The van der Waals surface area contributed by atoms with Crippen LogP contribution in [-0.2, 0) is 11.2 Å². The number of hydrogen-bond acceptors (Lipinski definition) is 2. The number of Topliss-reactive ketones (excluding diaryl/α,β-unsaturated/α-hetero) is 1. The van der Waals surface area contributed by atoms with Crippen molar-refractivity contribution < 1.29 is 4.79 Å². The third-order valence-electron chi connectivity index (χ3n) is 5.59. The maximum absolute atomic E-state index is 14.3. The number of benzene rings is 4. The van der Waals surface area contributed by atoms with Crippen molar-refractivity contribution in [1.29, 1.82) is 0 Å². The van der Waals surface area contributed by atoms with E-state index < -0.39 is 0 Å². The second-order valence-corrected chi connectivity index (χ2v) is 9.56. The van der Waals surface area contributed by atoms with Crippen LogP contribution in [-0.4, -0.2) is 17.0 Å². The molecule has 0 radical (unpaired) electrons. The molecule has 0 aliphatic carbocycles. The molecule has 0 fully saturated rings. The van der Waals surface area contributed by atoms with Gasteiger partial charge in [0.15, 0.2) is 5.78 Å². The highest BCUT2D eigenvalue weighted by Gasteiger charge is 2.26. The van der Waals surface area contributed by atoms with Crippen LogP contribution < -0.4 is 0 Å². The van der Waals surface area contributed by atoms with E-state index in [1.54, 1.807) is 0 Å². The largest absolute Gasteiger partial charge is 0.294 e. The number of aliphatic imine (C=N–C) groups is 1. The molecule has 4 aromatic carbocycles. The summed E-state index contributed by atoms with van der Waals surface area (Å²) < 4.78 is 0. The number of allylic oxidation sites excluding steroid dienone is 1. The molecule has 0 bridgehead atoms. The van der Waals surface area contributed by atoms with Gasteiger partial charge < -0.3 is 0 Å². The van der Waals surface area contributed by atoms with Crippen LogP contribution >= 0.6 is 0 Å². The van der Waals surface area contributed by atoms with Crippen LogP contribution in [0.15, 0.2) is 132 Å². The Kier molecular flexibility index (Phi) is 7.52. The molecule has 0 heterocycles. The minimum absolute atomic E-state index is 0.0470. The molecule has 0 aliphatic heterocycles. The Morgan fingerprint density at radius 1 is 0.600 bits per heavy atom. The van der Waals surface area contributed by atoms with Crippen molar-refractivity contribution in [2.75, 3.05) is 0 Å². The van der Waals surface area contributed by atoms with E-state index in [1.807, 2.05) is 97.1 Å². The van der Waals surface area contributed by atoms with Crippen molar-refractivity contribution in [2.45, 2.75) is 32.7 Å². The van der Waals surface area contributed by atoms with E-state index >= 15 is 0 Å². The first-order valence-electron chi connectivity index (χ1n) is 12.0. The quantitative estimate of drug-likeness (QED) is 0.208. The van der Waals surface area contributed by atoms with Crippen LogP contribution in [0, 0.1) is 0 Å². The van der Waals surface area contributed by atoms with Gasteiger partial charge >= 0.3 is 0 Å². The second kappa shape index (κ2) is 10.9. The van der Waals surface area contributed by atoms with Crippen LogP contribution in [0.4, 0.5) is 0 Å². The van der Waals surface area contributed by atoms with Crippen LogP contribution in [0.25, 0.3) is 5.57 Å². The zero-order valence-corrected chi connectivity index (χ0v) is 20.6. The zero-order valence-electron chi connectivity index (χ0n) is 20.6. The summed E-state index contributed by atoms with van der Waals surface area (Å²) in [6.45, 7) is 6.21. The fraction of sp³-hybridized carbons (Fsp3) is 0.152. The summed E-state index contributed by atoms with van der Waals surface area (Å²) in [5, 5.41) is 0. The summed E-state index contributed by atoms with van der Waals surface area (Å²) in [6.07, 6.45) is 0.301. The van der Waals surface area contributed by atoms with E-state index in [-0.39, 0.29) is 11.3 Å². The second-order valence-electron chi connectivity index (χ2n) is 9.56. The molecule has 0 aliphatic rings. The van der Waals surface area contributed by atoms with E-state index in [1.165, 1.54) is 0 Å². The van der Waals surface area contributed by atoms with E-state index in [4.69, 9.17) is 4.99 Å². The molecular weight excluding hydrogens is 426 g/mol. The van der Waals surface area contributed by atoms with Crippen LogP contribution in [0.3, 0.4) is 0 Å². The monoisotopic (exact) mass is 457 g/mol. The number of carbonyl (C=O) groups excluding carboxylic acids is 1. The molecular formula is C33H31NO. The summed E-state index contributed by atoms with van der Waals surface area (Å²) in [4.78, 5) is 19.4. The maximum Gasteiger partial charge on any atom is 0.170 e. The van der Waals surface area contributed by atoms with Gasteiger partial charge in [0, 0.05) is 17.6 Å². The predicted octanol–water partition coefficient (Wildman–Crippen LogP) is 7.59. The first-order chi connectivity index (χ1) is 16.9. The molecule has 4 aromatic rings.